The van der Waals surface area contributed by atoms with E-state index in [2.05, 4.69) is 19.1 Å². The van der Waals surface area contributed by atoms with Gasteiger partial charge in [0.1, 0.15) is 0 Å². The second kappa shape index (κ2) is 4.49. The van der Waals surface area contributed by atoms with E-state index in [-0.39, 0.29) is 0 Å². The van der Waals surface area contributed by atoms with Gasteiger partial charge < -0.3 is 0 Å². The molecule has 0 fully saturated rings. The van der Waals surface area contributed by atoms with Crippen molar-refractivity contribution in [1.29, 1.82) is 0 Å². The number of carbonyl (C=O) groups excluding carboxylic acids is 1. The van der Waals surface area contributed by atoms with Crippen LogP contribution in [-0.2, 0) is 0 Å². The minimum Gasteiger partial charge on any atom is -0.298 e. The van der Waals surface area contributed by atoms with E-state index in [1.165, 1.54) is 10.8 Å². The van der Waals surface area contributed by atoms with Crippen molar-refractivity contribution in [3.63, 3.8) is 0 Å². The van der Waals surface area contributed by atoms with Gasteiger partial charge in [0.05, 0.1) is 0 Å². The van der Waals surface area contributed by atoms with Gasteiger partial charge in [0.25, 0.3) is 0 Å². The van der Waals surface area contributed by atoms with Crippen LogP contribution in [-0.4, -0.2) is 12.0 Å². The summed E-state index contributed by atoms with van der Waals surface area (Å²) in [5.41, 5.74) is 0.792. The molecule has 0 N–H and O–H groups in total. The van der Waals surface area contributed by atoms with Crippen LogP contribution < -0.4 is 0 Å². The van der Waals surface area contributed by atoms with Gasteiger partial charge in [0.2, 0.25) is 0 Å². The first kappa shape index (κ1) is 10.2. The van der Waals surface area contributed by atoms with E-state index >= 15 is 0 Å². The van der Waals surface area contributed by atoms with Crippen molar-refractivity contribution in [3.8, 4) is 0 Å². The average Bonchev–Trinajstić information content (AvgIpc) is 2.30. The van der Waals surface area contributed by atoms with Crippen molar-refractivity contribution in [2.75, 3.05) is 5.75 Å². The van der Waals surface area contributed by atoms with Crippen molar-refractivity contribution in [1.82, 2.24) is 0 Å². The smallest absolute Gasteiger partial charge is 0.151 e. The highest BCUT2D eigenvalue weighted by atomic mass is 32.2. The minimum absolute atomic E-state index is 0.792. The zero-order valence-corrected chi connectivity index (χ0v) is 9.38. The Morgan fingerprint density at radius 3 is 2.73 bits per heavy atom. The molecule has 1 nitrogen and oxygen atoms in total. The normalized spacial score (nSPS) is 10.5. The molecule has 0 aliphatic carbocycles. The average molecular weight is 216 g/mol. The molecular weight excluding hydrogens is 204 g/mol. The molecule has 0 aliphatic heterocycles. The van der Waals surface area contributed by atoms with Gasteiger partial charge in [-0.25, -0.2) is 0 Å². The van der Waals surface area contributed by atoms with Crippen LogP contribution in [0.4, 0.5) is 0 Å². The second-order valence-electron chi connectivity index (χ2n) is 3.26. The SMILES string of the molecule is CCSc1c(C=O)ccc2ccccc12. The number of rotatable bonds is 3. The first-order chi connectivity index (χ1) is 7.36. The first-order valence-electron chi connectivity index (χ1n) is 4.96. The Bertz CT molecular complexity index is 491. The third-order valence-electron chi connectivity index (χ3n) is 2.33. The molecular formula is C13H12OS. The summed E-state index contributed by atoms with van der Waals surface area (Å²) in [5.74, 6) is 0.981. The minimum atomic E-state index is 0.792. The van der Waals surface area contributed by atoms with Crippen LogP contribution in [0, 0.1) is 0 Å². The highest BCUT2D eigenvalue weighted by Crippen LogP contribution is 2.30. The van der Waals surface area contributed by atoms with Gasteiger partial charge in [0, 0.05) is 10.5 Å². The summed E-state index contributed by atoms with van der Waals surface area (Å²) < 4.78 is 0. The maximum atomic E-state index is 10.9. The summed E-state index contributed by atoms with van der Waals surface area (Å²) in [5, 5.41) is 2.37. The molecule has 2 aromatic carbocycles. The van der Waals surface area contributed by atoms with Crippen LogP contribution >= 0.6 is 11.8 Å². The number of hydrogen-bond acceptors (Lipinski definition) is 2. The van der Waals surface area contributed by atoms with Crippen molar-refractivity contribution >= 4 is 28.8 Å². The third kappa shape index (κ3) is 1.90. The van der Waals surface area contributed by atoms with E-state index in [1.54, 1.807) is 11.8 Å². The summed E-state index contributed by atoms with van der Waals surface area (Å²) in [4.78, 5) is 12.0. The molecule has 15 heavy (non-hydrogen) atoms. The number of carbonyl (C=O) groups is 1. The standard InChI is InChI=1S/C13H12OS/c1-2-15-13-11(9-14)8-7-10-5-3-4-6-12(10)13/h3-9H,2H2,1H3. The second-order valence-corrected chi connectivity index (χ2v) is 4.53. The van der Waals surface area contributed by atoms with E-state index in [0.29, 0.717) is 0 Å². The first-order valence-corrected chi connectivity index (χ1v) is 5.95. The van der Waals surface area contributed by atoms with Crippen LogP contribution in [0.15, 0.2) is 41.3 Å². The van der Waals surface area contributed by atoms with E-state index in [4.69, 9.17) is 0 Å². The van der Waals surface area contributed by atoms with Crippen LogP contribution in [0.3, 0.4) is 0 Å². The number of hydrogen-bond donors (Lipinski definition) is 0. The van der Waals surface area contributed by atoms with Crippen LogP contribution in [0.25, 0.3) is 10.8 Å². The van der Waals surface area contributed by atoms with E-state index < -0.39 is 0 Å². The monoisotopic (exact) mass is 216 g/mol. The largest absolute Gasteiger partial charge is 0.298 e. The molecule has 76 valence electrons. The van der Waals surface area contributed by atoms with Crippen molar-refractivity contribution < 1.29 is 4.79 Å². The molecule has 2 heteroatoms. The van der Waals surface area contributed by atoms with Crippen molar-refractivity contribution in [2.45, 2.75) is 11.8 Å². The third-order valence-corrected chi connectivity index (χ3v) is 3.36. The molecule has 0 aromatic heterocycles. The number of fused-ring (bicyclic) bond motifs is 1. The molecule has 0 atom stereocenters. The lowest BCUT2D eigenvalue weighted by Crippen LogP contribution is -1.87. The summed E-state index contributed by atoms with van der Waals surface area (Å²) in [6.07, 6.45) is 0.935. The number of thioether (sulfide) groups is 1. The predicted molar refractivity (Wildman–Crippen MR) is 65.7 cm³/mol. The molecule has 0 aliphatic rings. The zero-order valence-electron chi connectivity index (χ0n) is 8.57. The van der Waals surface area contributed by atoms with Crippen LogP contribution in [0.1, 0.15) is 17.3 Å². The number of benzene rings is 2. The van der Waals surface area contributed by atoms with Gasteiger partial charge >= 0.3 is 0 Å². The topological polar surface area (TPSA) is 17.1 Å². The van der Waals surface area contributed by atoms with Crippen molar-refractivity contribution in [2.24, 2.45) is 0 Å². The summed E-state index contributed by atoms with van der Waals surface area (Å²) in [7, 11) is 0. The summed E-state index contributed by atoms with van der Waals surface area (Å²) >= 11 is 1.72. The lowest BCUT2D eigenvalue weighted by Gasteiger charge is -2.07. The zero-order chi connectivity index (χ0) is 10.7. The van der Waals surface area contributed by atoms with Crippen molar-refractivity contribution in [3.05, 3.63) is 42.0 Å². The fraction of sp³-hybridized carbons (Fsp3) is 0.154. The molecule has 0 saturated carbocycles. The highest BCUT2D eigenvalue weighted by molar-refractivity contribution is 7.99. The van der Waals surface area contributed by atoms with Gasteiger partial charge in [0.15, 0.2) is 6.29 Å². The molecule has 0 radical (unpaired) electrons. The molecule has 0 spiro atoms. The van der Waals surface area contributed by atoms with E-state index in [0.717, 1.165) is 22.5 Å². The number of aldehydes is 1. The Hall–Kier alpha value is -1.28. The van der Waals surface area contributed by atoms with Gasteiger partial charge in [-0.15, -0.1) is 11.8 Å². The molecule has 0 heterocycles. The molecule has 0 amide bonds. The molecule has 0 bridgehead atoms. The fourth-order valence-electron chi connectivity index (χ4n) is 1.66. The maximum absolute atomic E-state index is 10.9. The Morgan fingerprint density at radius 2 is 2.00 bits per heavy atom. The van der Waals surface area contributed by atoms with Crippen LogP contribution in [0.2, 0.25) is 0 Å². The highest BCUT2D eigenvalue weighted by Gasteiger charge is 2.05. The lowest BCUT2D eigenvalue weighted by molar-refractivity contribution is 0.112. The Kier molecular flexibility index (Phi) is 3.07. The maximum Gasteiger partial charge on any atom is 0.151 e. The van der Waals surface area contributed by atoms with E-state index in [9.17, 15) is 4.79 Å². The Morgan fingerprint density at radius 1 is 1.20 bits per heavy atom. The molecule has 0 saturated heterocycles. The summed E-state index contributed by atoms with van der Waals surface area (Å²) in [6, 6.07) is 12.1. The predicted octanol–water partition coefficient (Wildman–Crippen LogP) is 3.76. The summed E-state index contributed by atoms with van der Waals surface area (Å²) in [6.45, 7) is 2.10. The lowest BCUT2D eigenvalue weighted by atomic mass is 10.1. The van der Waals surface area contributed by atoms with Crippen LogP contribution in [0.5, 0.6) is 0 Å². The Labute approximate surface area is 93.5 Å². The molecule has 2 rings (SSSR count). The van der Waals surface area contributed by atoms with E-state index in [1.807, 2.05) is 24.3 Å². The van der Waals surface area contributed by atoms with Gasteiger partial charge in [-0.1, -0.05) is 37.3 Å². The van der Waals surface area contributed by atoms with Gasteiger partial charge in [-0.05, 0) is 22.6 Å². The quantitative estimate of drug-likeness (QED) is 0.574. The van der Waals surface area contributed by atoms with Gasteiger partial charge in [-0.2, -0.15) is 0 Å². The fourth-order valence-corrected chi connectivity index (χ4v) is 2.57. The molecule has 2 aromatic rings. The molecule has 0 unspecified atom stereocenters. The Balaban J connectivity index is 2.72. The van der Waals surface area contributed by atoms with Gasteiger partial charge in [-0.3, -0.25) is 4.79 Å².